The largest absolute Gasteiger partial charge is 0.366 e. The van der Waals surface area contributed by atoms with Crippen LogP contribution in [0, 0.1) is 6.92 Å². The van der Waals surface area contributed by atoms with E-state index in [4.69, 9.17) is 4.74 Å². The van der Waals surface area contributed by atoms with Crippen molar-refractivity contribution >= 4 is 17.7 Å². The molecule has 1 fully saturated rings. The van der Waals surface area contributed by atoms with Crippen molar-refractivity contribution in [1.82, 2.24) is 20.1 Å². The van der Waals surface area contributed by atoms with Gasteiger partial charge in [0.15, 0.2) is 5.82 Å². The number of aromatic amines is 1. The van der Waals surface area contributed by atoms with E-state index in [-0.39, 0.29) is 17.3 Å². The summed E-state index contributed by atoms with van der Waals surface area (Å²) in [6, 6.07) is 8.25. The lowest BCUT2D eigenvalue weighted by atomic mass is 10.1. The first-order chi connectivity index (χ1) is 11.2. The predicted octanol–water partition coefficient (Wildman–Crippen LogP) is 1.73. The number of aryl methyl sites for hydroxylation is 1. The van der Waals surface area contributed by atoms with Crippen LogP contribution in [0.1, 0.15) is 23.3 Å². The van der Waals surface area contributed by atoms with E-state index in [0.717, 1.165) is 12.2 Å². The molecule has 120 valence electrons. The number of nitrogens with zero attached hydrogens (tertiary/aromatic N) is 3. The molecule has 0 bridgehead atoms. The van der Waals surface area contributed by atoms with Crippen LogP contribution in [0.5, 0.6) is 0 Å². The van der Waals surface area contributed by atoms with Crippen molar-refractivity contribution in [3.8, 4) is 0 Å². The molecule has 0 spiro atoms. The fraction of sp³-hybridized carbons (Fsp3) is 0.438. The summed E-state index contributed by atoms with van der Waals surface area (Å²) in [6.45, 7) is 3.53. The van der Waals surface area contributed by atoms with E-state index in [1.807, 2.05) is 24.0 Å². The Bertz CT molecular complexity index is 707. The highest BCUT2D eigenvalue weighted by Gasteiger charge is 2.35. The first kappa shape index (κ1) is 14.7. The van der Waals surface area contributed by atoms with Gasteiger partial charge in [0, 0.05) is 11.4 Å². The van der Waals surface area contributed by atoms with Gasteiger partial charge < -0.3 is 9.64 Å². The van der Waals surface area contributed by atoms with Crippen LogP contribution in [0.15, 0.2) is 29.2 Å². The second-order valence-corrected chi connectivity index (χ2v) is 7.09. The second kappa shape index (κ2) is 5.98. The van der Waals surface area contributed by atoms with Crippen molar-refractivity contribution in [2.45, 2.75) is 29.6 Å². The van der Waals surface area contributed by atoms with Crippen molar-refractivity contribution in [3.05, 3.63) is 41.5 Å². The smallest absolute Gasteiger partial charge is 0.236 e. The lowest BCUT2D eigenvalue weighted by Crippen LogP contribution is -2.46. The first-order valence-corrected chi connectivity index (χ1v) is 8.62. The number of carbonyl (C=O) groups is 1. The van der Waals surface area contributed by atoms with Gasteiger partial charge in [-0.05, 0) is 25.0 Å². The van der Waals surface area contributed by atoms with Crippen molar-refractivity contribution in [1.29, 1.82) is 0 Å². The molecule has 6 nitrogen and oxygen atoms in total. The van der Waals surface area contributed by atoms with E-state index in [9.17, 15) is 4.79 Å². The molecule has 1 amide bonds. The minimum atomic E-state index is -0.244. The summed E-state index contributed by atoms with van der Waals surface area (Å²) in [7, 11) is 0. The van der Waals surface area contributed by atoms with Crippen LogP contribution in [-0.2, 0) is 16.0 Å². The molecule has 0 aliphatic carbocycles. The van der Waals surface area contributed by atoms with E-state index < -0.39 is 0 Å². The summed E-state index contributed by atoms with van der Waals surface area (Å²) >= 11 is 1.67. The van der Waals surface area contributed by atoms with Crippen LogP contribution in [0.2, 0.25) is 0 Å². The number of hydrogen-bond donors (Lipinski definition) is 1. The SMILES string of the molecule is Cc1nc(C2CN(C(=O)C3Cc4ccccc4S3)CCO2)n[nH]1. The summed E-state index contributed by atoms with van der Waals surface area (Å²) in [5.41, 5.74) is 1.27. The summed E-state index contributed by atoms with van der Waals surface area (Å²) in [5, 5.41) is 6.96. The lowest BCUT2D eigenvalue weighted by molar-refractivity contribution is -0.138. The summed E-state index contributed by atoms with van der Waals surface area (Å²) in [6.07, 6.45) is 0.563. The molecular formula is C16H18N4O2S. The van der Waals surface area contributed by atoms with Crippen molar-refractivity contribution in [3.63, 3.8) is 0 Å². The van der Waals surface area contributed by atoms with Gasteiger partial charge in [-0.2, -0.15) is 5.10 Å². The van der Waals surface area contributed by atoms with Gasteiger partial charge in [-0.25, -0.2) is 4.98 Å². The zero-order valence-corrected chi connectivity index (χ0v) is 13.7. The van der Waals surface area contributed by atoms with Gasteiger partial charge in [0.25, 0.3) is 0 Å². The van der Waals surface area contributed by atoms with E-state index in [2.05, 4.69) is 27.3 Å². The Morgan fingerprint density at radius 2 is 2.30 bits per heavy atom. The normalized spacial score (nSPS) is 23.8. The number of hydrogen-bond acceptors (Lipinski definition) is 5. The van der Waals surface area contributed by atoms with Crippen molar-refractivity contribution in [2.75, 3.05) is 19.7 Å². The van der Waals surface area contributed by atoms with E-state index in [1.165, 1.54) is 10.5 Å². The van der Waals surface area contributed by atoms with Crippen molar-refractivity contribution < 1.29 is 9.53 Å². The number of nitrogens with one attached hydrogen (secondary N) is 1. The highest BCUT2D eigenvalue weighted by atomic mass is 32.2. The molecule has 3 heterocycles. The number of H-pyrrole nitrogens is 1. The number of amides is 1. The molecule has 0 radical (unpaired) electrons. The zero-order valence-electron chi connectivity index (χ0n) is 12.9. The Morgan fingerprint density at radius 1 is 1.43 bits per heavy atom. The zero-order chi connectivity index (χ0) is 15.8. The number of benzene rings is 1. The fourth-order valence-electron chi connectivity index (χ4n) is 3.03. The molecule has 2 unspecified atom stereocenters. The van der Waals surface area contributed by atoms with Crippen LogP contribution < -0.4 is 0 Å². The Labute approximate surface area is 138 Å². The van der Waals surface area contributed by atoms with Gasteiger partial charge in [-0.3, -0.25) is 9.89 Å². The van der Waals surface area contributed by atoms with E-state index in [0.29, 0.717) is 25.5 Å². The van der Waals surface area contributed by atoms with Crippen LogP contribution in [0.25, 0.3) is 0 Å². The van der Waals surface area contributed by atoms with Gasteiger partial charge in [-0.15, -0.1) is 11.8 Å². The molecule has 4 rings (SSSR count). The first-order valence-electron chi connectivity index (χ1n) is 7.74. The molecule has 23 heavy (non-hydrogen) atoms. The fourth-order valence-corrected chi connectivity index (χ4v) is 4.31. The molecule has 1 N–H and O–H groups in total. The van der Waals surface area contributed by atoms with Crippen LogP contribution in [0.3, 0.4) is 0 Å². The van der Waals surface area contributed by atoms with Gasteiger partial charge in [0.1, 0.15) is 11.9 Å². The van der Waals surface area contributed by atoms with Gasteiger partial charge >= 0.3 is 0 Å². The number of thioether (sulfide) groups is 1. The van der Waals surface area contributed by atoms with Crippen LogP contribution >= 0.6 is 11.8 Å². The molecule has 1 saturated heterocycles. The molecule has 7 heteroatoms. The van der Waals surface area contributed by atoms with Crippen LogP contribution in [-0.4, -0.2) is 50.9 Å². The number of carbonyl (C=O) groups excluding carboxylic acids is 1. The Kier molecular flexibility index (Phi) is 3.82. The number of morpholine rings is 1. The minimum absolute atomic E-state index is 0.0278. The van der Waals surface area contributed by atoms with Gasteiger partial charge in [-0.1, -0.05) is 18.2 Å². The average molecular weight is 330 g/mol. The van der Waals surface area contributed by atoms with Gasteiger partial charge in [0.2, 0.25) is 5.91 Å². The quantitative estimate of drug-likeness (QED) is 0.908. The molecule has 0 saturated carbocycles. The average Bonchev–Trinajstić information content (AvgIpc) is 3.20. The maximum absolute atomic E-state index is 12.9. The number of fused-ring (bicyclic) bond motifs is 1. The number of rotatable bonds is 2. The topological polar surface area (TPSA) is 71.1 Å². The van der Waals surface area contributed by atoms with Crippen molar-refractivity contribution in [2.24, 2.45) is 0 Å². The third-order valence-corrected chi connectivity index (χ3v) is 5.51. The minimum Gasteiger partial charge on any atom is -0.366 e. The highest BCUT2D eigenvalue weighted by molar-refractivity contribution is 8.01. The number of ether oxygens (including phenoxy) is 1. The Morgan fingerprint density at radius 3 is 3.09 bits per heavy atom. The Hall–Kier alpha value is -1.86. The number of aromatic nitrogens is 3. The highest BCUT2D eigenvalue weighted by Crippen LogP contribution is 2.38. The molecular weight excluding hydrogens is 312 g/mol. The maximum Gasteiger partial charge on any atom is 0.236 e. The van der Waals surface area contributed by atoms with Crippen LogP contribution in [0.4, 0.5) is 0 Å². The summed E-state index contributed by atoms with van der Waals surface area (Å²) in [5.74, 6) is 1.57. The van der Waals surface area contributed by atoms with E-state index >= 15 is 0 Å². The molecule has 1 aromatic carbocycles. The standard InChI is InChI=1S/C16H18N4O2S/c1-10-17-15(19-18-10)12-9-20(6-7-22-12)16(21)14-8-11-4-2-3-5-13(11)23-14/h2-5,12,14H,6-9H2,1H3,(H,17,18,19). The maximum atomic E-state index is 12.9. The summed E-state index contributed by atoms with van der Waals surface area (Å²) < 4.78 is 5.74. The molecule has 1 aromatic heterocycles. The van der Waals surface area contributed by atoms with Gasteiger partial charge in [0.05, 0.1) is 18.4 Å². The molecule has 2 atom stereocenters. The predicted molar refractivity (Wildman–Crippen MR) is 86.2 cm³/mol. The third-order valence-electron chi connectivity index (χ3n) is 4.20. The Balaban J connectivity index is 1.45. The molecule has 2 aromatic rings. The summed E-state index contributed by atoms with van der Waals surface area (Å²) in [4.78, 5) is 20.3. The molecule has 2 aliphatic rings. The monoisotopic (exact) mass is 330 g/mol. The lowest BCUT2D eigenvalue weighted by Gasteiger charge is -2.33. The second-order valence-electron chi connectivity index (χ2n) is 5.84. The van der Waals surface area contributed by atoms with E-state index in [1.54, 1.807) is 11.8 Å². The third kappa shape index (κ3) is 2.86. The molecule has 2 aliphatic heterocycles.